The SMILES string of the molecule is C=C(Cl)CSc1ccc(Br)c(C(=O)O)c1. The van der Waals surface area contributed by atoms with Crippen molar-refractivity contribution in [2.45, 2.75) is 4.90 Å². The molecule has 0 heterocycles. The Morgan fingerprint density at radius 3 is 2.80 bits per heavy atom. The van der Waals surface area contributed by atoms with Crippen molar-refractivity contribution < 1.29 is 9.90 Å². The molecule has 0 bridgehead atoms. The third-order valence-corrected chi connectivity index (χ3v) is 3.63. The Bertz CT molecular complexity index is 406. The lowest BCUT2D eigenvalue weighted by atomic mass is 10.2. The lowest BCUT2D eigenvalue weighted by Crippen LogP contribution is -1.97. The van der Waals surface area contributed by atoms with Gasteiger partial charge in [-0.25, -0.2) is 4.79 Å². The Morgan fingerprint density at radius 1 is 1.60 bits per heavy atom. The maximum atomic E-state index is 10.8. The minimum Gasteiger partial charge on any atom is -0.478 e. The average Bonchev–Trinajstić information content (AvgIpc) is 2.16. The number of rotatable bonds is 4. The van der Waals surface area contributed by atoms with E-state index in [0.29, 0.717) is 15.3 Å². The molecule has 0 saturated carbocycles. The molecule has 0 saturated heterocycles. The van der Waals surface area contributed by atoms with Crippen molar-refractivity contribution >= 4 is 45.3 Å². The van der Waals surface area contributed by atoms with E-state index in [1.165, 1.54) is 11.8 Å². The highest BCUT2D eigenvalue weighted by molar-refractivity contribution is 9.10. The molecular formula is C10H8BrClO2S. The van der Waals surface area contributed by atoms with E-state index in [4.69, 9.17) is 16.7 Å². The molecule has 0 radical (unpaired) electrons. The number of carboxylic acid groups (broad SMARTS) is 1. The van der Waals surface area contributed by atoms with Crippen LogP contribution in [0.3, 0.4) is 0 Å². The van der Waals surface area contributed by atoms with E-state index >= 15 is 0 Å². The first kappa shape index (κ1) is 12.6. The summed E-state index contributed by atoms with van der Waals surface area (Å²) in [6.45, 7) is 3.56. The molecule has 15 heavy (non-hydrogen) atoms. The molecule has 0 amide bonds. The molecule has 0 spiro atoms. The van der Waals surface area contributed by atoms with Crippen LogP contribution in [0.15, 0.2) is 39.2 Å². The van der Waals surface area contributed by atoms with Gasteiger partial charge in [-0.2, -0.15) is 0 Å². The summed E-state index contributed by atoms with van der Waals surface area (Å²) < 4.78 is 0.573. The molecule has 1 aromatic carbocycles. The van der Waals surface area contributed by atoms with Gasteiger partial charge in [-0.1, -0.05) is 18.2 Å². The molecule has 1 aromatic rings. The van der Waals surface area contributed by atoms with Crippen molar-refractivity contribution in [2.24, 2.45) is 0 Å². The van der Waals surface area contributed by atoms with Gasteiger partial charge >= 0.3 is 5.97 Å². The molecule has 0 unspecified atom stereocenters. The Balaban J connectivity index is 2.87. The number of thioether (sulfide) groups is 1. The monoisotopic (exact) mass is 306 g/mol. The maximum Gasteiger partial charge on any atom is 0.336 e. The van der Waals surface area contributed by atoms with Crippen LogP contribution in [0, 0.1) is 0 Å². The fourth-order valence-corrected chi connectivity index (χ4v) is 2.19. The Hall–Kier alpha value is -0.450. The highest BCUT2D eigenvalue weighted by Crippen LogP contribution is 2.26. The lowest BCUT2D eigenvalue weighted by molar-refractivity contribution is 0.0695. The summed E-state index contributed by atoms with van der Waals surface area (Å²) in [5.74, 6) is -0.378. The molecule has 1 N–H and O–H groups in total. The second-order valence-corrected chi connectivity index (χ2v) is 5.19. The molecule has 0 fully saturated rings. The second-order valence-electron chi connectivity index (χ2n) is 2.75. The fourth-order valence-electron chi connectivity index (χ4n) is 0.920. The topological polar surface area (TPSA) is 37.3 Å². The molecule has 2 nitrogen and oxygen atoms in total. The van der Waals surface area contributed by atoms with Gasteiger partial charge in [0.05, 0.1) is 5.56 Å². The predicted molar refractivity (Wildman–Crippen MR) is 66.8 cm³/mol. The van der Waals surface area contributed by atoms with E-state index < -0.39 is 5.97 Å². The third-order valence-electron chi connectivity index (χ3n) is 1.56. The van der Waals surface area contributed by atoms with Gasteiger partial charge in [0.2, 0.25) is 0 Å². The van der Waals surface area contributed by atoms with Gasteiger partial charge in [-0.05, 0) is 34.1 Å². The van der Waals surface area contributed by atoms with E-state index in [9.17, 15) is 4.79 Å². The normalized spacial score (nSPS) is 10.0. The lowest BCUT2D eigenvalue weighted by Gasteiger charge is -2.03. The van der Waals surface area contributed by atoms with E-state index in [1.807, 2.05) is 6.07 Å². The van der Waals surface area contributed by atoms with Crippen LogP contribution in [-0.2, 0) is 0 Å². The Labute approximate surface area is 105 Å². The van der Waals surface area contributed by atoms with E-state index in [2.05, 4.69) is 22.5 Å². The minimum atomic E-state index is -0.950. The zero-order valence-corrected chi connectivity index (χ0v) is 10.8. The van der Waals surface area contributed by atoms with Gasteiger partial charge in [-0.3, -0.25) is 0 Å². The molecule has 0 aliphatic heterocycles. The van der Waals surface area contributed by atoms with Crippen molar-refractivity contribution in [1.29, 1.82) is 0 Å². The summed E-state index contributed by atoms with van der Waals surface area (Å²) in [6, 6.07) is 5.15. The Morgan fingerprint density at radius 2 is 2.27 bits per heavy atom. The zero-order valence-electron chi connectivity index (χ0n) is 7.67. The number of hydrogen-bond acceptors (Lipinski definition) is 2. The van der Waals surface area contributed by atoms with Crippen LogP contribution in [0.2, 0.25) is 0 Å². The summed E-state index contributed by atoms with van der Waals surface area (Å²) >= 11 is 10.3. The first-order valence-corrected chi connectivity index (χ1v) is 6.15. The predicted octanol–water partition coefficient (Wildman–Crippen LogP) is 3.99. The fraction of sp³-hybridized carbons (Fsp3) is 0.100. The number of carbonyl (C=O) groups is 1. The van der Waals surface area contributed by atoms with Crippen LogP contribution >= 0.6 is 39.3 Å². The number of aromatic carboxylic acids is 1. The molecule has 1 rings (SSSR count). The number of halogens is 2. The molecule has 0 aliphatic rings. The molecule has 0 atom stereocenters. The Kier molecular flexibility index (Phi) is 4.70. The maximum absolute atomic E-state index is 10.8. The van der Waals surface area contributed by atoms with Gasteiger partial charge in [0.1, 0.15) is 0 Å². The molecule has 0 aliphatic carbocycles. The van der Waals surface area contributed by atoms with Crippen LogP contribution in [0.5, 0.6) is 0 Å². The smallest absolute Gasteiger partial charge is 0.336 e. The van der Waals surface area contributed by atoms with Crippen molar-refractivity contribution in [1.82, 2.24) is 0 Å². The van der Waals surface area contributed by atoms with Gasteiger partial charge < -0.3 is 5.11 Å². The van der Waals surface area contributed by atoms with Crippen molar-refractivity contribution in [3.05, 3.63) is 39.8 Å². The summed E-state index contributed by atoms with van der Waals surface area (Å²) in [7, 11) is 0. The van der Waals surface area contributed by atoms with Crippen LogP contribution in [0.4, 0.5) is 0 Å². The van der Waals surface area contributed by atoms with Gasteiger partial charge in [0, 0.05) is 20.2 Å². The highest BCUT2D eigenvalue weighted by atomic mass is 79.9. The minimum absolute atomic E-state index is 0.250. The first-order chi connectivity index (χ1) is 7.00. The van der Waals surface area contributed by atoms with Gasteiger partial charge in [0.15, 0.2) is 0 Å². The molecule has 0 aromatic heterocycles. The molecule has 80 valence electrons. The average molecular weight is 308 g/mol. The second kappa shape index (κ2) is 5.58. The van der Waals surface area contributed by atoms with Crippen LogP contribution in [-0.4, -0.2) is 16.8 Å². The quantitative estimate of drug-likeness (QED) is 0.855. The van der Waals surface area contributed by atoms with Gasteiger partial charge in [-0.15, -0.1) is 11.8 Å². The number of hydrogen-bond donors (Lipinski definition) is 1. The van der Waals surface area contributed by atoms with E-state index in [0.717, 1.165) is 4.90 Å². The highest BCUT2D eigenvalue weighted by Gasteiger charge is 2.09. The summed E-state index contributed by atoms with van der Waals surface area (Å²) in [4.78, 5) is 11.7. The number of benzene rings is 1. The van der Waals surface area contributed by atoms with Gasteiger partial charge in [0.25, 0.3) is 0 Å². The zero-order chi connectivity index (χ0) is 11.4. The standard InChI is InChI=1S/C10H8BrClO2S/c1-6(12)5-15-7-2-3-9(11)8(4-7)10(13)14/h2-4H,1,5H2,(H,13,14). The van der Waals surface area contributed by atoms with Crippen molar-refractivity contribution in [3.8, 4) is 0 Å². The van der Waals surface area contributed by atoms with Crippen molar-refractivity contribution in [3.63, 3.8) is 0 Å². The summed E-state index contributed by atoms with van der Waals surface area (Å²) in [6.07, 6.45) is 0. The van der Waals surface area contributed by atoms with E-state index in [-0.39, 0.29) is 5.56 Å². The third kappa shape index (κ3) is 3.89. The van der Waals surface area contributed by atoms with Crippen LogP contribution < -0.4 is 0 Å². The number of carboxylic acids is 1. The van der Waals surface area contributed by atoms with Crippen molar-refractivity contribution in [2.75, 3.05) is 5.75 Å². The van der Waals surface area contributed by atoms with Crippen LogP contribution in [0.25, 0.3) is 0 Å². The van der Waals surface area contributed by atoms with E-state index in [1.54, 1.807) is 12.1 Å². The first-order valence-electron chi connectivity index (χ1n) is 3.99. The largest absolute Gasteiger partial charge is 0.478 e. The summed E-state index contributed by atoms with van der Waals surface area (Å²) in [5.41, 5.74) is 0.250. The molecular weight excluding hydrogens is 300 g/mol. The summed E-state index contributed by atoms with van der Waals surface area (Å²) in [5, 5.41) is 9.43. The van der Waals surface area contributed by atoms with Crippen LogP contribution in [0.1, 0.15) is 10.4 Å². The molecule has 5 heteroatoms.